The third-order valence-electron chi connectivity index (χ3n) is 2.65. The second-order valence-electron chi connectivity index (χ2n) is 4.00. The van der Waals surface area contributed by atoms with Crippen molar-refractivity contribution in [1.29, 1.82) is 0 Å². The standard InChI is InChI=1S/C14H23NO/c1-4-8-12(5-2)15-13-9-7-10-14(11-13)16-6-3/h7,9-12,15H,4-6,8H2,1-3H3. The van der Waals surface area contributed by atoms with E-state index >= 15 is 0 Å². The van der Waals surface area contributed by atoms with Crippen molar-refractivity contribution in [3.05, 3.63) is 24.3 Å². The maximum absolute atomic E-state index is 5.48. The van der Waals surface area contributed by atoms with E-state index in [0.29, 0.717) is 6.04 Å². The lowest BCUT2D eigenvalue weighted by Crippen LogP contribution is -2.17. The topological polar surface area (TPSA) is 21.3 Å². The fraction of sp³-hybridized carbons (Fsp3) is 0.571. The maximum atomic E-state index is 5.48. The number of ether oxygens (including phenoxy) is 1. The van der Waals surface area contributed by atoms with Gasteiger partial charge in [0.05, 0.1) is 6.61 Å². The SMILES string of the molecule is CCCC(CC)Nc1cccc(OCC)c1. The summed E-state index contributed by atoms with van der Waals surface area (Å²) in [5.74, 6) is 0.943. The summed E-state index contributed by atoms with van der Waals surface area (Å²) in [7, 11) is 0. The Hall–Kier alpha value is -1.18. The molecule has 0 aliphatic rings. The van der Waals surface area contributed by atoms with Gasteiger partial charge in [0.25, 0.3) is 0 Å². The summed E-state index contributed by atoms with van der Waals surface area (Å²) in [6.45, 7) is 7.17. The minimum Gasteiger partial charge on any atom is -0.494 e. The summed E-state index contributed by atoms with van der Waals surface area (Å²) in [5.41, 5.74) is 1.16. The van der Waals surface area contributed by atoms with E-state index in [0.717, 1.165) is 24.5 Å². The average molecular weight is 221 g/mol. The van der Waals surface area contributed by atoms with Crippen LogP contribution in [0, 0.1) is 0 Å². The molecule has 1 aromatic carbocycles. The Morgan fingerprint density at radius 1 is 1.25 bits per heavy atom. The first kappa shape index (κ1) is 12.9. The van der Waals surface area contributed by atoms with Crippen LogP contribution in [0.25, 0.3) is 0 Å². The Balaban J connectivity index is 2.60. The molecule has 0 fully saturated rings. The van der Waals surface area contributed by atoms with Gasteiger partial charge < -0.3 is 10.1 Å². The molecule has 2 nitrogen and oxygen atoms in total. The lowest BCUT2D eigenvalue weighted by Gasteiger charge is -2.18. The van der Waals surface area contributed by atoms with Crippen molar-refractivity contribution in [2.24, 2.45) is 0 Å². The van der Waals surface area contributed by atoms with Crippen LogP contribution in [0.1, 0.15) is 40.0 Å². The number of anilines is 1. The first-order chi connectivity index (χ1) is 7.80. The van der Waals surface area contributed by atoms with Gasteiger partial charge in [0.1, 0.15) is 5.75 Å². The van der Waals surface area contributed by atoms with Gasteiger partial charge in [-0.15, -0.1) is 0 Å². The van der Waals surface area contributed by atoms with Gasteiger partial charge in [-0.1, -0.05) is 26.3 Å². The molecule has 0 spiro atoms. The maximum Gasteiger partial charge on any atom is 0.121 e. The van der Waals surface area contributed by atoms with Crippen molar-refractivity contribution >= 4 is 5.69 Å². The Kier molecular flexibility index (Phi) is 5.76. The molecule has 1 unspecified atom stereocenters. The molecule has 0 aliphatic carbocycles. The summed E-state index contributed by atoms with van der Waals surface area (Å²) < 4.78 is 5.48. The zero-order chi connectivity index (χ0) is 11.8. The molecule has 0 saturated carbocycles. The summed E-state index contributed by atoms with van der Waals surface area (Å²) >= 11 is 0. The van der Waals surface area contributed by atoms with Crippen LogP contribution in [0.3, 0.4) is 0 Å². The number of rotatable bonds is 7. The second-order valence-corrected chi connectivity index (χ2v) is 4.00. The smallest absolute Gasteiger partial charge is 0.121 e. The van der Waals surface area contributed by atoms with Crippen molar-refractivity contribution in [3.63, 3.8) is 0 Å². The van der Waals surface area contributed by atoms with Crippen LogP contribution in [0.5, 0.6) is 5.75 Å². The molecule has 1 rings (SSSR count). The van der Waals surface area contributed by atoms with Crippen LogP contribution in [0.15, 0.2) is 24.3 Å². The first-order valence-corrected chi connectivity index (χ1v) is 6.29. The van der Waals surface area contributed by atoms with Crippen molar-refractivity contribution in [1.82, 2.24) is 0 Å². The molecule has 0 saturated heterocycles. The van der Waals surface area contributed by atoms with Gasteiger partial charge in [-0.05, 0) is 31.9 Å². The molecular weight excluding hydrogens is 198 g/mol. The van der Waals surface area contributed by atoms with Gasteiger partial charge >= 0.3 is 0 Å². The number of benzene rings is 1. The van der Waals surface area contributed by atoms with E-state index < -0.39 is 0 Å². The van der Waals surface area contributed by atoms with E-state index in [1.165, 1.54) is 12.8 Å². The van der Waals surface area contributed by atoms with E-state index in [-0.39, 0.29) is 0 Å². The molecule has 0 bridgehead atoms. The third kappa shape index (κ3) is 4.13. The van der Waals surface area contributed by atoms with E-state index in [4.69, 9.17) is 4.74 Å². The van der Waals surface area contributed by atoms with Crippen molar-refractivity contribution in [2.75, 3.05) is 11.9 Å². The molecule has 1 atom stereocenters. The Labute approximate surface area is 99.0 Å². The van der Waals surface area contributed by atoms with E-state index in [2.05, 4.69) is 31.3 Å². The predicted octanol–water partition coefficient (Wildman–Crippen LogP) is 4.08. The monoisotopic (exact) mass is 221 g/mol. The Morgan fingerprint density at radius 2 is 2.06 bits per heavy atom. The van der Waals surface area contributed by atoms with Crippen LogP contribution >= 0.6 is 0 Å². The minimum atomic E-state index is 0.571. The van der Waals surface area contributed by atoms with E-state index in [1.807, 2.05) is 19.1 Å². The van der Waals surface area contributed by atoms with Gasteiger partial charge in [-0.3, -0.25) is 0 Å². The summed E-state index contributed by atoms with van der Waals surface area (Å²) in [5, 5.41) is 3.55. The molecular formula is C14H23NO. The molecule has 0 aromatic heterocycles. The lowest BCUT2D eigenvalue weighted by atomic mass is 10.1. The minimum absolute atomic E-state index is 0.571. The largest absolute Gasteiger partial charge is 0.494 e. The fourth-order valence-corrected chi connectivity index (χ4v) is 1.80. The van der Waals surface area contributed by atoms with Crippen molar-refractivity contribution in [3.8, 4) is 5.75 Å². The van der Waals surface area contributed by atoms with Gasteiger partial charge in [-0.2, -0.15) is 0 Å². The zero-order valence-corrected chi connectivity index (χ0v) is 10.6. The molecule has 0 radical (unpaired) electrons. The lowest BCUT2D eigenvalue weighted by molar-refractivity contribution is 0.340. The molecule has 0 amide bonds. The summed E-state index contributed by atoms with van der Waals surface area (Å²) in [4.78, 5) is 0. The van der Waals surface area contributed by atoms with Gasteiger partial charge in [0.15, 0.2) is 0 Å². The Bertz CT molecular complexity index is 299. The quantitative estimate of drug-likeness (QED) is 0.749. The van der Waals surface area contributed by atoms with Gasteiger partial charge in [0.2, 0.25) is 0 Å². The molecule has 90 valence electrons. The van der Waals surface area contributed by atoms with Crippen LogP contribution in [0.4, 0.5) is 5.69 Å². The van der Waals surface area contributed by atoms with Crippen molar-refractivity contribution < 1.29 is 4.74 Å². The highest BCUT2D eigenvalue weighted by molar-refractivity contribution is 5.48. The number of hydrogen-bond donors (Lipinski definition) is 1. The van der Waals surface area contributed by atoms with E-state index in [9.17, 15) is 0 Å². The second kappa shape index (κ2) is 7.15. The molecule has 16 heavy (non-hydrogen) atoms. The Morgan fingerprint density at radius 3 is 2.69 bits per heavy atom. The van der Waals surface area contributed by atoms with Gasteiger partial charge in [0, 0.05) is 17.8 Å². The van der Waals surface area contributed by atoms with Gasteiger partial charge in [-0.25, -0.2) is 0 Å². The average Bonchev–Trinajstić information content (AvgIpc) is 2.29. The molecule has 1 N–H and O–H groups in total. The summed E-state index contributed by atoms with van der Waals surface area (Å²) in [6, 6.07) is 8.77. The molecule has 2 heteroatoms. The van der Waals surface area contributed by atoms with Crippen LogP contribution in [0.2, 0.25) is 0 Å². The third-order valence-corrected chi connectivity index (χ3v) is 2.65. The highest BCUT2D eigenvalue weighted by Crippen LogP contribution is 2.19. The predicted molar refractivity (Wildman–Crippen MR) is 70.2 cm³/mol. The molecule has 0 aliphatic heterocycles. The normalized spacial score (nSPS) is 12.2. The summed E-state index contributed by atoms with van der Waals surface area (Å²) in [6.07, 6.45) is 3.60. The van der Waals surface area contributed by atoms with Crippen LogP contribution in [-0.4, -0.2) is 12.6 Å². The highest BCUT2D eigenvalue weighted by Gasteiger charge is 2.04. The highest BCUT2D eigenvalue weighted by atomic mass is 16.5. The number of hydrogen-bond acceptors (Lipinski definition) is 2. The fourth-order valence-electron chi connectivity index (χ4n) is 1.80. The molecule has 1 aromatic rings. The first-order valence-electron chi connectivity index (χ1n) is 6.29. The number of nitrogens with one attached hydrogen (secondary N) is 1. The van der Waals surface area contributed by atoms with Crippen molar-refractivity contribution in [2.45, 2.75) is 46.1 Å². The van der Waals surface area contributed by atoms with E-state index in [1.54, 1.807) is 0 Å². The zero-order valence-electron chi connectivity index (χ0n) is 10.6. The van der Waals surface area contributed by atoms with Crippen LogP contribution < -0.4 is 10.1 Å². The molecule has 0 heterocycles. The van der Waals surface area contributed by atoms with Crippen LogP contribution in [-0.2, 0) is 0 Å².